The fraction of sp³-hybridized carbons (Fsp3) is 0.174. The van der Waals surface area contributed by atoms with Crippen LogP contribution < -0.4 is 5.32 Å². The van der Waals surface area contributed by atoms with E-state index in [0.29, 0.717) is 22.6 Å². The van der Waals surface area contributed by atoms with Gasteiger partial charge in [0.05, 0.1) is 11.4 Å². The molecule has 1 N–H and O–H groups in total. The standard InChI is InChI=1S/C23H21F2N3O3/c1-14-21(15(2)28(27-14)20-10-6-18(25)7-11-20)12-13-22(29)31-16(3)23(30)26-19-8-4-17(24)5-9-19/h4-13,16H,1-3H3,(H,26,30)/b13-12+. The summed E-state index contributed by atoms with van der Waals surface area (Å²) in [6.07, 6.45) is 1.73. The first-order chi connectivity index (χ1) is 14.7. The molecule has 0 saturated carbocycles. The first-order valence-electron chi connectivity index (χ1n) is 9.52. The highest BCUT2D eigenvalue weighted by molar-refractivity contribution is 5.96. The molecule has 31 heavy (non-hydrogen) atoms. The third-order valence-corrected chi connectivity index (χ3v) is 4.58. The summed E-state index contributed by atoms with van der Waals surface area (Å²) >= 11 is 0. The summed E-state index contributed by atoms with van der Waals surface area (Å²) < 4.78 is 32.9. The number of carbonyl (C=O) groups excluding carboxylic acids is 2. The Morgan fingerprint density at radius 3 is 2.23 bits per heavy atom. The van der Waals surface area contributed by atoms with Crippen LogP contribution in [0.1, 0.15) is 23.9 Å². The molecule has 1 heterocycles. The van der Waals surface area contributed by atoms with Gasteiger partial charge in [-0.1, -0.05) is 0 Å². The lowest BCUT2D eigenvalue weighted by Crippen LogP contribution is -2.29. The molecule has 0 saturated heterocycles. The van der Waals surface area contributed by atoms with Crippen molar-refractivity contribution in [1.29, 1.82) is 0 Å². The van der Waals surface area contributed by atoms with Crippen molar-refractivity contribution in [2.45, 2.75) is 26.9 Å². The van der Waals surface area contributed by atoms with Crippen LogP contribution in [-0.4, -0.2) is 27.8 Å². The Kier molecular flexibility index (Phi) is 6.59. The maximum atomic E-state index is 13.2. The molecule has 1 atom stereocenters. The number of esters is 1. The highest BCUT2D eigenvalue weighted by Gasteiger charge is 2.17. The maximum Gasteiger partial charge on any atom is 0.331 e. The minimum atomic E-state index is -1.05. The number of nitrogens with one attached hydrogen (secondary N) is 1. The molecule has 0 aliphatic heterocycles. The third kappa shape index (κ3) is 5.42. The predicted octanol–water partition coefficient (Wildman–Crippen LogP) is 4.35. The van der Waals surface area contributed by atoms with Gasteiger partial charge >= 0.3 is 5.97 Å². The normalized spacial score (nSPS) is 12.0. The van der Waals surface area contributed by atoms with Crippen LogP contribution in [-0.2, 0) is 14.3 Å². The second-order valence-electron chi connectivity index (χ2n) is 6.88. The van der Waals surface area contributed by atoms with E-state index in [4.69, 9.17) is 4.74 Å². The molecule has 0 bridgehead atoms. The van der Waals surface area contributed by atoms with Crippen molar-refractivity contribution in [3.8, 4) is 5.69 Å². The van der Waals surface area contributed by atoms with Crippen LogP contribution in [0.5, 0.6) is 0 Å². The first-order valence-corrected chi connectivity index (χ1v) is 9.52. The molecule has 0 fully saturated rings. The Morgan fingerprint density at radius 1 is 1.03 bits per heavy atom. The molecule has 3 rings (SSSR count). The SMILES string of the molecule is Cc1nn(-c2ccc(F)cc2)c(C)c1/C=C/C(=O)OC(C)C(=O)Nc1ccc(F)cc1. The van der Waals surface area contributed by atoms with E-state index in [9.17, 15) is 18.4 Å². The average Bonchev–Trinajstić information content (AvgIpc) is 3.02. The maximum absolute atomic E-state index is 13.2. The van der Waals surface area contributed by atoms with Gasteiger partial charge in [0.15, 0.2) is 6.10 Å². The number of hydrogen-bond donors (Lipinski definition) is 1. The fourth-order valence-electron chi connectivity index (χ4n) is 2.93. The number of ether oxygens (including phenoxy) is 1. The molecule has 0 radical (unpaired) electrons. The van der Waals surface area contributed by atoms with Crippen molar-refractivity contribution in [2.75, 3.05) is 5.32 Å². The van der Waals surface area contributed by atoms with Gasteiger partial charge in [0, 0.05) is 23.0 Å². The van der Waals surface area contributed by atoms with Crippen LogP contribution in [0.25, 0.3) is 11.8 Å². The summed E-state index contributed by atoms with van der Waals surface area (Å²) in [6, 6.07) is 11.2. The molecule has 2 aromatic carbocycles. The van der Waals surface area contributed by atoms with Gasteiger partial charge in [-0.3, -0.25) is 4.79 Å². The molecule has 0 aliphatic rings. The van der Waals surface area contributed by atoms with E-state index < -0.39 is 23.8 Å². The Balaban J connectivity index is 1.64. The molecule has 1 unspecified atom stereocenters. The summed E-state index contributed by atoms with van der Waals surface area (Å²) in [5, 5.41) is 6.98. The number of hydrogen-bond acceptors (Lipinski definition) is 4. The molecule has 1 amide bonds. The summed E-state index contributed by atoms with van der Waals surface area (Å²) in [6.45, 7) is 5.05. The average molecular weight is 425 g/mol. The van der Waals surface area contributed by atoms with Gasteiger partial charge < -0.3 is 10.1 Å². The first kappa shape index (κ1) is 21.9. The minimum absolute atomic E-state index is 0.342. The van der Waals surface area contributed by atoms with Gasteiger partial charge in [0.1, 0.15) is 11.6 Å². The summed E-state index contributed by atoms with van der Waals surface area (Å²) in [5.74, 6) is -2.00. The summed E-state index contributed by atoms with van der Waals surface area (Å²) in [5.41, 5.74) is 3.23. The monoisotopic (exact) mass is 425 g/mol. The fourth-order valence-corrected chi connectivity index (χ4v) is 2.93. The number of aryl methyl sites for hydroxylation is 1. The Bertz CT molecular complexity index is 1120. The van der Waals surface area contributed by atoms with E-state index >= 15 is 0 Å². The number of anilines is 1. The van der Waals surface area contributed by atoms with Crippen molar-refractivity contribution >= 4 is 23.6 Å². The van der Waals surface area contributed by atoms with E-state index in [1.807, 2.05) is 6.92 Å². The second kappa shape index (κ2) is 9.34. The van der Waals surface area contributed by atoms with E-state index in [-0.39, 0.29) is 5.82 Å². The van der Waals surface area contributed by atoms with E-state index in [0.717, 1.165) is 5.69 Å². The summed E-state index contributed by atoms with van der Waals surface area (Å²) in [4.78, 5) is 24.3. The third-order valence-electron chi connectivity index (χ3n) is 4.58. The Morgan fingerprint density at radius 2 is 1.61 bits per heavy atom. The highest BCUT2D eigenvalue weighted by Crippen LogP contribution is 2.19. The number of benzene rings is 2. The molecule has 0 spiro atoms. The predicted molar refractivity (Wildman–Crippen MR) is 113 cm³/mol. The van der Waals surface area contributed by atoms with Crippen LogP contribution in [0, 0.1) is 25.5 Å². The van der Waals surface area contributed by atoms with E-state index in [1.165, 1.54) is 49.4 Å². The van der Waals surface area contributed by atoms with Crippen LogP contribution in [0.3, 0.4) is 0 Å². The van der Waals surface area contributed by atoms with Crippen LogP contribution in [0.15, 0.2) is 54.6 Å². The zero-order valence-electron chi connectivity index (χ0n) is 17.2. The topological polar surface area (TPSA) is 73.2 Å². The van der Waals surface area contributed by atoms with Crippen molar-refractivity contribution in [1.82, 2.24) is 9.78 Å². The van der Waals surface area contributed by atoms with Gasteiger partial charge in [-0.05, 0) is 75.4 Å². The van der Waals surface area contributed by atoms with Gasteiger partial charge in [-0.25, -0.2) is 18.3 Å². The van der Waals surface area contributed by atoms with Crippen LogP contribution in [0.4, 0.5) is 14.5 Å². The van der Waals surface area contributed by atoms with Crippen LogP contribution >= 0.6 is 0 Å². The Labute approximate surface area is 178 Å². The molecule has 8 heteroatoms. The lowest BCUT2D eigenvalue weighted by atomic mass is 10.2. The van der Waals surface area contributed by atoms with Gasteiger partial charge in [0.2, 0.25) is 0 Å². The van der Waals surface area contributed by atoms with E-state index in [1.54, 1.807) is 29.8 Å². The lowest BCUT2D eigenvalue weighted by Gasteiger charge is -2.12. The lowest BCUT2D eigenvalue weighted by molar-refractivity contribution is -0.148. The number of aromatic nitrogens is 2. The van der Waals surface area contributed by atoms with Gasteiger partial charge in [-0.15, -0.1) is 0 Å². The molecular formula is C23H21F2N3O3. The highest BCUT2D eigenvalue weighted by atomic mass is 19.1. The minimum Gasteiger partial charge on any atom is -0.449 e. The molecule has 1 aromatic heterocycles. The smallest absolute Gasteiger partial charge is 0.331 e. The number of carbonyl (C=O) groups is 2. The van der Waals surface area contributed by atoms with Gasteiger partial charge in [0.25, 0.3) is 5.91 Å². The molecule has 3 aromatic rings. The molecular weight excluding hydrogens is 404 g/mol. The van der Waals surface area contributed by atoms with Crippen LogP contribution in [0.2, 0.25) is 0 Å². The zero-order chi connectivity index (χ0) is 22.5. The quantitative estimate of drug-likeness (QED) is 0.471. The molecule has 160 valence electrons. The summed E-state index contributed by atoms with van der Waals surface area (Å²) in [7, 11) is 0. The van der Waals surface area contributed by atoms with Crippen molar-refractivity contribution in [2.24, 2.45) is 0 Å². The number of halogens is 2. The largest absolute Gasteiger partial charge is 0.449 e. The second-order valence-corrected chi connectivity index (χ2v) is 6.88. The molecule has 6 nitrogen and oxygen atoms in total. The van der Waals surface area contributed by atoms with Crippen molar-refractivity contribution < 1.29 is 23.1 Å². The zero-order valence-corrected chi connectivity index (χ0v) is 17.2. The van der Waals surface area contributed by atoms with Crippen molar-refractivity contribution in [3.63, 3.8) is 0 Å². The number of rotatable bonds is 6. The van der Waals surface area contributed by atoms with Crippen molar-refractivity contribution in [3.05, 3.63) is 83.2 Å². The van der Waals surface area contributed by atoms with E-state index in [2.05, 4.69) is 10.4 Å². The Hall–Kier alpha value is -3.81. The number of nitrogens with zero attached hydrogens (tertiary/aromatic N) is 2. The van der Waals surface area contributed by atoms with Gasteiger partial charge in [-0.2, -0.15) is 5.10 Å². The number of amides is 1. The molecule has 0 aliphatic carbocycles.